The van der Waals surface area contributed by atoms with Gasteiger partial charge < -0.3 is 5.73 Å². The summed E-state index contributed by atoms with van der Waals surface area (Å²) in [5.74, 6) is -0.736. The molecule has 0 radical (unpaired) electrons. The van der Waals surface area contributed by atoms with Crippen molar-refractivity contribution in [3.8, 4) is 11.3 Å². The highest BCUT2D eigenvalue weighted by atomic mass is 16.1. The van der Waals surface area contributed by atoms with E-state index in [9.17, 15) is 4.79 Å². The number of nitrogens with one attached hydrogen (secondary N) is 2. The summed E-state index contributed by atoms with van der Waals surface area (Å²) in [7, 11) is 0. The summed E-state index contributed by atoms with van der Waals surface area (Å²) in [6.45, 7) is 0. The first-order chi connectivity index (χ1) is 11.1. The van der Waals surface area contributed by atoms with Crippen LogP contribution < -0.4 is 11.1 Å². The van der Waals surface area contributed by atoms with Crippen LogP contribution in [0, 0.1) is 5.41 Å². The fraction of sp³-hybridized carbons (Fsp3) is 0.278. The lowest BCUT2D eigenvalue weighted by Gasteiger charge is -2.14. The molecule has 1 aliphatic carbocycles. The molecular weight excluding hydrogens is 288 g/mol. The van der Waals surface area contributed by atoms with Crippen molar-refractivity contribution in [2.24, 2.45) is 5.73 Å². The lowest BCUT2D eigenvalue weighted by atomic mass is 9.99. The van der Waals surface area contributed by atoms with Crippen LogP contribution >= 0.6 is 0 Å². The number of guanidine groups is 1. The molecule has 2 aromatic rings. The summed E-state index contributed by atoms with van der Waals surface area (Å²) in [6.07, 6.45) is 5.33. The van der Waals surface area contributed by atoms with Crippen LogP contribution in [0.2, 0.25) is 0 Å². The van der Waals surface area contributed by atoms with Gasteiger partial charge in [-0.3, -0.25) is 20.5 Å². The summed E-state index contributed by atoms with van der Waals surface area (Å²) in [6, 6.07) is 11.6. The number of aryl methyl sites for hydroxylation is 2. The van der Waals surface area contributed by atoms with Crippen LogP contribution in [-0.2, 0) is 12.8 Å². The minimum Gasteiger partial charge on any atom is -0.370 e. The molecule has 0 spiro atoms. The topological polar surface area (TPSA) is 91.9 Å². The van der Waals surface area contributed by atoms with E-state index in [4.69, 9.17) is 16.1 Å². The van der Waals surface area contributed by atoms with Crippen LogP contribution in [-0.4, -0.2) is 16.9 Å². The van der Waals surface area contributed by atoms with Crippen molar-refractivity contribution in [2.45, 2.75) is 32.1 Å². The van der Waals surface area contributed by atoms with E-state index in [-0.39, 0.29) is 11.9 Å². The first kappa shape index (κ1) is 15.2. The highest BCUT2D eigenvalue weighted by molar-refractivity contribution is 6.07. The molecule has 23 heavy (non-hydrogen) atoms. The Labute approximate surface area is 135 Å². The average Bonchev–Trinajstić information content (AvgIpc) is 2.78. The lowest BCUT2D eigenvalue weighted by Crippen LogP contribution is -2.36. The van der Waals surface area contributed by atoms with Crippen molar-refractivity contribution in [3.05, 3.63) is 53.2 Å². The van der Waals surface area contributed by atoms with Gasteiger partial charge in [-0.25, -0.2) is 0 Å². The maximum Gasteiger partial charge on any atom is 0.260 e. The average molecular weight is 308 g/mol. The van der Waals surface area contributed by atoms with E-state index >= 15 is 0 Å². The molecule has 1 aliphatic rings. The molecule has 3 rings (SSSR count). The Morgan fingerprint density at radius 3 is 2.61 bits per heavy atom. The number of carbonyl (C=O) groups excluding carboxylic acids is 1. The monoisotopic (exact) mass is 308 g/mol. The van der Waals surface area contributed by atoms with Gasteiger partial charge >= 0.3 is 0 Å². The predicted octanol–water partition coefficient (Wildman–Crippen LogP) is 2.64. The zero-order valence-corrected chi connectivity index (χ0v) is 12.9. The highest BCUT2D eigenvalue weighted by Gasteiger charge is 2.20. The maximum absolute atomic E-state index is 12.4. The number of nitrogens with zero attached hydrogens (tertiary/aromatic N) is 1. The number of benzene rings is 1. The number of hydrogen-bond acceptors (Lipinski definition) is 3. The van der Waals surface area contributed by atoms with Crippen molar-refractivity contribution < 1.29 is 4.79 Å². The molecule has 0 saturated carbocycles. The molecule has 4 N–H and O–H groups in total. The number of rotatable bonds is 2. The molecule has 0 saturated heterocycles. The Bertz CT molecular complexity index is 740. The zero-order valence-electron chi connectivity index (χ0n) is 12.9. The highest BCUT2D eigenvalue weighted by Crippen LogP contribution is 2.27. The Morgan fingerprint density at radius 2 is 1.87 bits per heavy atom. The minimum atomic E-state index is -0.379. The Hall–Kier alpha value is -2.69. The Morgan fingerprint density at radius 1 is 1.13 bits per heavy atom. The second-order valence-electron chi connectivity index (χ2n) is 5.78. The first-order valence-electron chi connectivity index (χ1n) is 7.89. The SMILES string of the molecule is N=C(N)NC(=O)c1cc2c(nc1-c1ccccc1)CCCCC2. The second kappa shape index (κ2) is 6.60. The molecule has 118 valence electrons. The molecule has 0 fully saturated rings. The van der Waals surface area contributed by atoms with Gasteiger partial charge in [0.1, 0.15) is 0 Å². The standard InChI is InChI=1S/C18H20N4O/c19-18(20)22-17(23)14-11-13-9-5-2-6-10-15(13)21-16(14)12-7-3-1-4-8-12/h1,3-4,7-8,11H,2,5-6,9-10H2,(H4,19,20,22,23). The minimum absolute atomic E-state index is 0.357. The van der Waals surface area contributed by atoms with Crippen molar-refractivity contribution in [2.75, 3.05) is 0 Å². The summed E-state index contributed by atoms with van der Waals surface area (Å²) in [5.41, 5.74) is 9.56. The van der Waals surface area contributed by atoms with E-state index in [1.54, 1.807) is 0 Å². The molecule has 0 aliphatic heterocycles. The fourth-order valence-corrected chi connectivity index (χ4v) is 2.99. The van der Waals surface area contributed by atoms with Crippen LogP contribution in [0.5, 0.6) is 0 Å². The van der Waals surface area contributed by atoms with Gasteiger partial charge in [0.05, 0.1) is 11.3 Å². The van der Waals surface area contributed by atoms with E-state index in [1.807, 2.05) is 36.4 Å². The summed E-state index contributed by atoms with van der Waals surface area (Å²) >= 11 is 0. The Kier molecular flexibility index (Phi) is 4.37. The number of amides is 1. The molecular formula is C18H20N4O. The number of nitrogens with two attached hydrogens (primary N) is 1. The van der Waals surface area contributed by atoms with Crippen LogP contribution in [0.15, 0.2) is 36.4 Å². The largest absolute Gasteiger partial charge is 0.370 e. The van der Waals surface area contributed by atoms with Crippen LogP contribution in [0.3, 0.4) is 0 Å². The molecule has 1 aromatic heterocycles. The molecule has 0 atom stereocenters. The van der Waals surface area contributed by atoms with E-state index in [2.05, 4.69) is 5.32 Å². The smallest absolute Gasteiger partial charge is 0.260 e. The Balaban J connectivity index is 2.13. The van der Waals surface area contributed by atoms with Gasteiger partial charge in [0.15, 0.2) is 5.96 Å². The molecule has 1 amide bonds. The molecule has 5 nitrogen and oxygen atoms in total. The van der Waals surface area contributed by atoms with Gasteiger partial charge in [-0.15, -0.1) is 0 Å². The van der Waals surface area contributed by atoms with Crippen LogP contribution in [0.25, 0.3) is 11.3 Å². The van der Waals surface area contributed by atoms with E-state index in [0.29, 0.717) is 11.3 Å². The lowest BCUT2D eigenvalue weighted by molar-refractivity contribution is 0.0976. The third-order valence-electron chi connectivity index (χ3n) is 4.09. The number of aromatic nitrogens is 1. The molecule has 0 bridgehead atoms. The van der Waals surface area contributed by atoms with E-state index in [0.717, 1.165) is 42.5 Å². The van der Waals surface area contributed by atoms with Crippen molar-refractivity contribution in [3.63, 3.8) is 0 Å². The van der Waals surface area contributed by atoms with Gasteiger partial charge in [0, 0.05) is 11.3 Å². The van der Waals surface area contributed by atoms with Crippen molar-refractivity contribution in [1.82, 2.24) is 10.3 Å². The van der Waals surface area contributed by atoms with E-state index < -0.39 is 0 Å². The zero-order chi connectivity index (χ0) is 16.2. The van der Waals surface area contributed by atoms with Gasteiger partial charge in [0.25, 0.3) is 5.91 Å². The molecule has 1 aromatic carbocycles. The first-order valence-corrected chi connectivity index (χ1v) is 7.89. The van der Waals surface area contributed by atoms with Gasteiger partial charge in [0.2, 0.25) is 0 Å². The third kappa shape index (κ3) is 3.39. The second-order valence-corrected chi connectivity index (χ2v) is 5.78. The predicted molar refractivity (Wildman–Crippen MR) is 90.3 cm³/mol. The number of hydrogen-bond donors (Lipinski definition) is 3. The molecule has 1 heterocycles. The van der Waals surface area contributed by atoms with Crippen LogP contribution in [0.1, 0.15) is 40.9 Å². The quantitative estimate of drug-likeness (QED) is 0.452. The number of fused-ring (bicyclic) bond motifs is 1. The fourth-order valence-electron chi connectivity index (χ4n) is 2.99. The maximum atomic E-state index is 12.4. The summed E-state index contributed by atoms with van der Waals surface area (Å²) < 4.78 is 0. The number of pyridine rings is 1. The van der Waals surface area contributed by atoms with Gasteiger partial charge in [-0.2, -0.15) is 0 Å². The van der Waals surface area contributed by atoms with Crippen molar-refractivity contribution in [1.29, 1.82) is 5.41 Å². The van der Waals surface area contributed by atoms with Crippen LogP contribution in [0.4, 0.5) is 0 Å². The van der Waals surface area contributed by atoms with E-state index in [1.165, 1.54) is 6.42 Å². The summed E-state index contributed by atoms with van der Waals surface area (Å²) in [4.78, 5) is 17.2. The molecule has 5 heteroatoms. The normalized spacial score (nSPS) is 13.7. The van der Waals surface area contributed by atoms with Crippen molar-refractivity contribution >= 4 is 11.9 Å². The number of carbonyl (C=O) groups is 1. The third-order valence-corrected chi connectivity index (χ3v) is 4.09. The van der Waals surface area contributed by atoms with Gasteiger partial charge in [-0.05, 0) is 37.3 Å². The van der Waals surface area contributed by atoms with Gasteiger partial charge in [-0.1, -0.05) is 36.8 Å². The molecule has 0 unspecified atom stereocenters. The summed E-state index contributed by atoms with van der Waals surface area (Å²) in [5, 5.41) is 9.67.